The SMILES string of the molecule is CCC(OC)c1nc(CC(=O)O)cs1. The Balaban J connectivity index is 2.71. The van der Waals surface area contributed by atoms with E-state index in [1.165, 1.54) is 11.3 Å². The zero-order valence-corrected chi connectivity index (χ0v) is 9.00. The number of hydrogen-bond acceptors (Lipinski definition) is 4. The smallest absolute Gasteiger partial charge is 0.309 e. The van der Waals surface area contributed by atoms with Gasteiger partial charge in [0.2, 0.25) is 0 Å². The molecule has 4 nitrogen and oxygen atoms in total. The van der Waals surface area contributed by atoms with Gasteiger partial charge in [0.25, 0.3) is 0 Å². The molecule has 0 aliphatic heterocycles. The highest BCUT2D eigenvalue weighted by Crippen LogP contribution is 2.23. The molecule has 1 aromatic heterocycles. The minimum Gasteiger partial charge on any atom is -0.481 e. The van der Waals surface area contributed by atoms with Crippen LogP contribution in [0.4, 0.5) is 0 Å². The van der Waals surface area contributed by atoms with Gasteiger partial charge in [-0.3, -0.25) is 4.79 Å². The van der Waals surface area contributed by atoms with Crippen LogP contribution in [0.5, 0.6) is 0 Å². The average molecular weight is 215 g/mol. The number of nitrogens with zero attached hydrogens (tertiary/aromatic N) is 1. The number of carboxylic acid groups (broad SMARTS) is 1. The third-order valence-corrected chi connectivity index (χ3v) is 2.82. The molecule has 1 N–H and O–H groups in total. The van der Waals surface area contributed by atoms with Gasteiger partial charge in [-0.2, -0.15) is 0 Å². The molecule has 0 amide bonds. The predicted octanol–water partition coefficient (Wildman–Crippen LogP) is 1.87. The van der Waals surface area contributed by atoms with Crippen LogP contribution in [0, 0.1) is 0 Å². The summed E-state index contributed by atoms with van der Waals surface area (Å²) in [5.41, 5.74) is 0.605. The van der Waals surface area contributed by atoms with Crippen LogP contribution in [0.1, 0.15) is 30.2 Å². The van der Waals surface area contributed by atoms with Crippen LogP contribution in [-0.2, 0) is 16.0 Å². The molecule has 14 heavy (non-hydrogen) atoms. The van der Waals surface area contributed by atoms with Crippen molar-refractivity contribution in [3.05, 3.63) is 16.1 Å². The van der Waals surface area contributed by atoms with Gasteiger partial charge < -0.3 is 9.84 Å². The van der Waals surface area contributed by atoms with Crippen LogP contribution in [-0.4, -0.2) is 23.2 Å². The first kappa shape index (κ1) is 11.1. The van der Waals surface area contributed by atoms with Crippen molar-refractivity contribution in [1.82, 2.24) is 4.98 Å². The van der Waals surface area contributed by atoms with Crippen molar-refractivity contribution < 1.29 is 14.6 Å². The number of aromatic nitrogens is 1. The third kappa shape index (κ3) is 2.78. The maximum Gasteiger partial charge on any atom is 0.309 e. The molecule has 1 atom stereocenters. The Morgan fingerprint density at radius 2 is 2.50 bits per heavy atom. The zero-order valence-electron chi connectivity index (χ0n) is 8.19. The van der Waals surface area contributed by atoms with Gasteiger partial charge in [-0.05, 0) is 6.42 Å². The Hall–Kier alpha value is -0.940. The number of carboxylic acids is 1. The summed E-state index contributed by atoms with van der Waals surface area (Å²) in [6.45, 7) is 2.01. The fraction of sp³-hybridized carbons (Fsp3) is 0.556. The Kier molecular flexibility index (Phi) is 4.03. The van der Waals surface area contributed by atoms with Gasteiger partial charge in [-0.1, -0.05) is 6.92 Å². The molecule has 0 aromatic carbocycles. The lowest BCUT2D eigenvalue weighted by molar-refractivity contribution is -0.136. The van der Waals surface area contributed by atoms with Crippen molar-refractivity contribution in [2.24, 2.45) is 0 Å². The van der Waals surface area contributed by atoms with Crippen molar-refractivity contribution in [3.63, 3.8) is 0 Å². The van der Waals surface area contributed by atoms with E-state index in [9.17, 15) is 4.79 Å². The standard InChI is InChI=1S/C9H13NO3S/c1-3-7(13-2)9-10-6(5-14-9)4-8(11)12/h5,7H,3-4H2,1-2H3,(H,11,12). The number of ether oxygens (including phenoxy) is 1. The van der Waals surface area contributed by atoms with Gasteiger partial charge >= 0.3 is 5.97 Å². The normalized spacial score (nSPS) is 12.7. The molecule has 1 aromatic rings. The summed E-state index contributed by atoms with van der Waals surface area (Å²) < 4.78 is 5.20. The zero-order chi connectivity index (χ0) is 10.6. The van der Waals surface area contributed by atoms with Gasteiger partial charge in [0.1, 0.15) is 11.1 Å². The predicted molar refractivity (Wildman–Crippen MR) is 53.5 cm³/mol. The molecule has 0 spiro atoms. The summed E-state index contributed by atoms with van der Waals surface area (Å²) in [5, 5.41) is 11.2. The van der Waals surface area contributed by atoms with Crippen LogP contribution in [0.25, 0.3) is 0 Å². The Morgan fingerprint density at radius 3 is 3.00 bits per heavy atom. The molecule has 78 valence electrons. The van der Waals surface area contributed by atoms with E-state index >= 15 is 0 Å². The highest BCUT2D eigenvalue weighted by molar-refractivity contribution is 7.09. The molecule has 0 bridgehead atoms. The van der Waals surface area contributed by atoms with Crippen molar-refractivity contribution >= 4 is 17.3 Å². The van der Waals surface area contributed by atoms with E-state index < -0.39 is 5.97 Å². The molecule has 5 heteroatoms. The lowest BCUT2D eigenvalue weighted by Crippen LogP contribution is -2.02. The number of hydrogen-bond donors (Lipinski definition) is 1. The van der Waals surface area contributed by atoms with Gasteiger partial charge in [-0.15, -0.1) is 11.3 Å². The highest BCUT2D eigenvalue weighted by atomic mass is 32.1. The quantitative estimate of drug-likeness (QED) is 0.814. The van der Waals surface area contributed by atoms with Crippen LogP contribution < -0.4 is 0 Å². The first-order valence-electron chi connectivity index (χ1n) is 4.36. The minimum absolute atomic E-state index is 0.0115. The van der Waals surface area contributed by atoms with E-state index in [1.807, 2.05) is 6.92 Å². The second-order valence-corrected chi connectivity index (χ2v) is 3.77. The molecule has 1 unspecified atom stereocenters. The first-order valence-corrected chi connectivity index (χ1v) is 5.24. The second kappa shape index (κ2) is 5.07. The van der Waals surface area contributed by atoms with E-state index in [4.69, 9.17) is 9.84 Å². The lowest BCUT2D eigenvalue weighted by Gasteiger charge is -2.08. The maximum atomic E-state index is 10.4. The first-order chi connectivity index (χ1) is 6.67. The minimum atomic E-state index is -0.854. The molecule has 1 heterocycles. The molecule has 0 saturated carbocycles. The molecule has 0 saturated heterocycles. The fourth-order valence-corrected chi connectivity index (χ4v) is 2.13. The molecule has 0 radical (unpaired) electrons. The summed E-state index contributed by atoms with van der Waals surface area (Å²) >= 11 is 1.45. The Morgan fingerprint density at radius 1 is 1.79 bits per heavy atom. The van der Waals surface area contributed by atoms with Gasteiger partial charge in [0.15, 0.2) is 0 Å². The molecular weight excluding hydrogens is 202 g/mol. The number of methoxy groups -OCH3 is 1. The second-order valence-electron chi connectivity index (χ2n) is 2.88. The summed E-state index contributed by atoms with van der Waals surface area (Å²) in [6.07, 6.45) is 0.815. The van der Waals surface area contributed by atoms with E-state index in [0.717, 1.165) is 11.4 Å². The highest BCUT2D eigenvalue weighted by Gasteiger charge is 2.13. The molecule has 0 aliphatic carbocycles. The van der Waals surface area contributed by atoms with Crippen molar-refractivity contribution in [2.75, 3.05) is 7.11 Å². The molecule has 0 aliphatic rings. The molecular formula is C9H13NO3S. The van der Waals surface area contributed by atoms with E-state index in [-0.39, 0.29) is 12.5 Å². The maximum absolute atomic E-state index is 10.4. The average Bonchev–Trinajstić information content (AvgIpc) is 2.54. The van der Waals surface area contributed by atoms with Gasteiger partial charge in [-0.25, -0.2) is 4.98 Å². The Bertz CT molecular complexity index is 307. The fourth-order valence-electron chi connectivity index (χ4n) is 1.15. The summed E-state index contributed by atoms with van der Waals surface area (Å²) in [7, 11) is 1.63. The summed E-state index contributed by atoms with van der Waals surface area (Å²) in [4.78, 5) is 14.6. The van der Waals surface area contributed by atoms with Crippen molar-refractivity contribution in [3.8, 4) is 0 Å². The van der Waals surface area contributed by atoms with Crippen LogP contribution in [0.3, 0.4) is 0 Å². The topological polar surface area (TPSA) is 59.4 Å². The number of thiazole rings is 1. The van der Waals surface area contributed by atoms with E-state index in [1.54, 1.807) is 12.5 Å². The summed E-state index contributed by atoms with van der Waals surface area (Å²) in [5.74, 6) is -0.854. The van der Waals surface area contributed by atoms with E-state index in [2.05, 4.69) is 4.98 Å². The van der Waals surface area contributed by atoms with Gasteiger partial charge in [0.05, 0.1) is 12.1 Å². The van der Waals surface area contributed by atoms with Crippen molar-refractivity contribution in [2.45, 2.75) is 25.9 Å². The molecule has 0 fully saturated rings. The van der Waals surface area contributed by atoms with Crippen LogP contribution in [0.15, 0.2) is 5.38 Å². The Labute approximate surface area is 86.6 Å². The van der Waals surface area contributed by atoms with E-state index in [0.29, 0.717) is 5.69 Å². The summed E-state index contributed by atoms with van der Waals surface area (Å²) in [6, 6.07) is 0. The number of rotatable bonds is 5. The monoisotopic (exact) mass is 215 g/mol. The number of carbonyl (C=O) groups is 1. The lowest BCUT2D eigenvalue weighted by atomic mass is 10.3. The largest absolute Gasteiger partial charge is 0.481 e. The van der Waals surface area contributed by atoms with Crippen molar-refractivity contribution in [1.29, 1.82) is 0 Å². The molecule has 1 rings (SSSR count). The van der Waals surface area contributed by atoms with Crippen LogP contribution in [0.2, 0.25) is 0 Å². The number of aliphatic carboxylic acids is 1. The van der Waals surface area contributed by atoms with Crippen LogP contribution >= 0.6 is 11.3 Å². The van der Waals surface area contributed by atoms with Gasteiger partial charge in [0, 0.05) is 12.5 Å². The third-order valence-electron chi connectivity index (χ3n) is 1.83.